The third kappa shape index (κ3) is 5.24. The summed E-state index contributed by atoms with van der Waals surface area (Å²) in [6.45, 7) is 8.65. The summed E-state index contributed by atoms with van der Waals surface area (Å²) in [4.78, 5) is 5.14. The molecule has 0 radical (unpaired) electrons. The number of fused-ring (bicyclic) bond motifs is 6. The highest BCUT2D eigenvalue weighted by molar-refractivity contribution is 6.12. The Balaban J connectivity index is 1.22. The largest absolute Gasteiger partial charge is 0.309 e. The average Bonchev–Trinajstić information content (AvgIpc) is 3.72. The Hall–Kier alpha value is -7.22. The van der Waals surface area contributed by atoms with Crippen molar-refractivity contribution in [2.45, 2.75) is 27.7 Å². The fourth-order valence-electron chi connectivity index (χ4n) is 8.85. The molecular weight excluding hydrogens is 681 g/mol. The summed E-state index contributed by atoms with van der Waals surface area (Å²) in [7, 11) is 0. The molecule has 4 nitrogen and oxygen atoms in total. The summed E-state index contributed by atoms with van der Waals surface area (Å²) in [5, 5.41) is 15.0. The fraction of sp³-hybridized carbons (Fsp3) is 0.0769. The standard InChI is InChI=1S/C52H38N4/c1-32-15-20-39(34(3)26-32)37-18-23-48-43(29-37)41-10-5-7-12-46(41)55(48)50-22-17-36(31-53)28-45(50)52-51(14-9-25-54-52)56-47-13-8-6-11-42(47)44-30-38(19-24-49(44)56)40-21-16-33(2)27-35(40)4/h5-30H,1-4H3. The van der Waals surface area contributed by atoms with Crippen molar-refractivity contribution in [2.24, 2.45) is 0 Å². The Kier molecular flexibility index (Phi) is 7.73. The maximum atomic E-state index is 10.3. The molecule has 0 atom stereocenters. The van der Waals surface area contributed by atoms with Gasteiger partial charge in [0.1, 0.15) is 0 Å². The normalized spacial score (nSPS) is 11.6. The van der Waals surface area contributed by atoms with Crippen LogP contribution < -0.4 is 0 Å². The minimum absolute atomic E-state index is 0.582. The molecule has 0 bridgehead atoms. The topological polar surface area (TPSA) is 46.5 Å². The van der Waals surface area contributed by atoms with Gasteiger partial charge < -0.3 is 9.13 Å². The van der Waals surface area contributed by atoms with Gasteiger partial charge in [-0.25, -0.2) is 0 Å². The SMILES string of the molecule is Cc1ccc(-c2ccc3c(c2)c2ccccc2n3-c2ccc(C#N)cc2-c2ncccc2-n2c3ccccc3c3cc(-c4ccc(C)cc4C)ccc32)c(C)c1. The van der Waals surface area contributed by atoms with Crippen LogP contribution in [0.2, 0.25) is 0 Å². The Morgan fingerprint density at radius 3 is 1.54 bits per heavy atom. The summed E-state index contributed by atoms with van der Waals surface area (Å²) >= 11 is 0. The number of hydrogen-bond donors (Lipinski definition) is 0. The van der Waals surface area contributed by atoms with Crippen LogP contribution >= 0.6 is 0 Å². The molecule has 0 fully saturated rings. The first-order chi connectivity index (χ1) is 27.4. The fourth-order valence-corrected chi connectivity index (χ4v) is 8.85. The zero-order valence-electron chi connectivity index (χ0n) is 31.8. The van der Waals surface area contributed by atoms with Crippen molar-refractivity contribution in [1.82, 2.24) is 14.1 Å². The van der Waals surface area contributed by atoms with Crippen molar-refractivity contribution in [3.05, 3.63) is 186 Å². The number of aromatic nitrogens is 3. The lowest BCUT2D eigenvalue weighted by atomic mass is 9.97. The molecule has 3 heterocycles. The molecule has 0 amide bonds. The smallest absolute Gasteiger partial charge is 0.0991 e. The lowest BCUT2D eigenvalue weighted by Crippen LogP contribution is -2.03. The summed E-state index contributed by atoms with van der Waals surface area (Å²) < 4.78 is 4.68. The van der Waals surface area contributed by atoms with E-state index in [-0.39, 0.29) is 0 Å². The Morgan fingerprint density at radius 1 is 0.446 bits per heavy atom. The van der Waals surface area contributed by atoms with E-state index in [1.165, 1.54) is 66.1 Å². The number of hydrogen-bond acceptors (Lipinski definition) is 2. The molecule has 0 unspecified atom stereocenters. The molecule has 0 N–H and O–H groups in total. The van der Waals surface area contributed by atoms with Crippen LogP contribution in [0, 0.1) is 39.0 Å². The van der Waals surface area contributed by atoms with Gasteiger partial charge in [0.15, 0.2) is 0 Å². The van der Waals surface area contributed by atoms with E-state index in [0.717, 1.165) is 44.7 Å². The summed E-state index contributed by atoms with van der Waals surface area (Å²) in [5.41, 5.74) is 18.5. The number of rotatable bonds is 5. The van der Waals surface area contributed by atoms with Crippen LogP contribution in [0.1, 0.15) is 27.8 Å². The molecule has 7 aromatic carbocycles. The van der Waals surface area contributed by atoms with E-state index < -0.39 is 0 Å². The molecule has 0 saturated heterocycles. The Morgan fingerprint density at radius 2 is 0.982 bits per heavy atom. The van der Waals surface area contributed by atoms with Gasteiger partial charge in [-0.1, -0.05) is 96.1 Å². The number of aryl methyl sites for hydroxylation is 4. The third-order valence-electron chi connectivity index (χ3n) is 11.4. The van der Waals surface area contributed by atoms with Gasteiger partial charge in [-0.15, -0.1) is 0 Å². The molecule has 0 aliphatic carbocycles. The lowest BCUT2D eigenvalue weighted by molar-refractivity contribution is 1.13. The molecular formula is C52H38N4. The molecule has 266 valence electrons. The molecule has 10 aromatic rings. The predicted octanol–water partition coefficient (Wildman–Crippen LogP) is 13.4. The minimum Gasteiger partial charge on any atom is -0.309 e. The van der Waals surface area contributed by atoms with E-state index in [1.807, 2.05) is 24.4 Å². The highest BCUT2D eigenvalue weighted by Crippen LogP contribution is 2.42. The maximum absolute atomic E-state index is 10.3. The zero-order chi connectivity index (χ0) is 38.1. The van der Waals surface area contributed by atoms with Gasteiger partial charge in [-0.2, -0.15) is 5.26 Å². The number of benzene rings is 7. The average molecular weight is 719 g/mol. The van der Waals surface area contributed by atoms with Gasteiger partial charge in [0.2, 0.25) is 0 Å². The van der Waals surface area contributed by atoms with Gasteiger partial charge in [0.05, 0.1) is 50.8 Å². The van der Waals surface area contributed by atoms with Crippen molar-refractivity contribution in [3.63, 3.8) is 0 Å². The van der Waals surface area contributed by atoms with E-state index in [4.69, 9.17) is 4.98 Å². The number of nitriles is 1. The summed E-state index contributed by atoms with van der Waals surface area (Å²) in [6.07, 6.45) is 1.86. The van der Waals surface area contributed by atoms with Gasteiger partial charge in [0.25, 0.3) is 0 Å². The molecule has 0 aliphatic heterocycles. The highest BCUT2D eigenvalue weighted by Gasteiger charge is 2.22. The molecule has 0 aliphatic rings. The second kappa shape index (κ2) is 13.0. The lowest BCUT2D eigenvalue weighted by Gasteiger charge is -2.18. The van der Waals surface area contributed by atoms with Crippen LogP contribution in [0.15, 0.2) is 158 Å². The zero-order valence-corrected chi connectivity index (χ0v) is 31.8. The van der Waals surface area contributed by atoms with Gasteiger partial charge in [-0.3, -0.25) is 4.98 Å². The molecule has 10 rings (SSSR count). The van der Waals surface area contributed by atoms with Crippen molar-refractivity contribution in [3.8, 4) is 51.0 Å². The first-order valence-corrected chi connectivity index (χ1v) is 19.1. The molecule has 0 spiro atoms. The maximum Gasteiger partial charge on any atom is 0.0991 e. The van der Waals surface area contributed by atoms with Crippen LogP contribution in [0.3, 0.4) is 0 Å². The third-order valence-corrected chi connectivity index (χ3v) is 11.4. The quantitative estimate of drug-likeness (QED) is 0.178. The van der Waals surface area contributed by atoms with E-state index in [9.17, 15) is 5.26 Å². The van der Waals surface area contributed by atoms with E-state index in [1.54, 1.807) is 0 Å². The Labute approximate surface area is 326 Å². The van der Waals surface area contributed by atoms with E-state index in [2.05, 4.69) is 176 Å². The predicted molar refractivity (Wildman–Crippen MR) is 233 cm³/mol. The van der Waals surface area contributed by atoms with E-state index in [0.29, 0.717) is 5.56 Å². The van der Waals surface area contributed by atoms with Gasteiger partial charge >= 0.3 is 0 Å². The molecule has 3 aromatic heterocycles. The van der Waals surface area contributed by atoms with Crippen molar-refractivity contribution in [2.75, 3.05) is 0 Å². The summed E-state index contributed by atoms with van der Waals surface area (Å²) in [6, 6.07) is 56.7. The highest BCUT2D eigenvalue weighted by atomic mass is 15.0. The first kappa shape index (κ1) is 33.4. The number of pyridine rings is 1. The molecule has 4 heteroatoms. The van der Waals surface area contributed by atoms with Crippen LogP contribution in [0.5, 0.6) is 0 Å². The van der Waals surface area contributed by atoms with Crippen LogP contribution in [0.4, 0.5) is 0 Å². The number of nitrogens with zero attached hydrogens (tertiary/aromatic N) is 4. The van der Waals surface area contributed by atoms with Crippen molar-refractivity contribution >= 4 is 43.6 Å². The second-order valence-electron chi connectivity index (χ2n) is 15.0. The second-order valence-corrected chi connectivity index (χ2v) is 15.0. The van der Waals surface area contributed by atoms with Gasteiger partial charge in [0, 0.05) is 33.3 Å². The van der Waals surface area contributed by atoms with Crippen LogP contribution in [0.25, 0.3) is 88.5 Å². The van der Waals surface area contributed by atoms with Crippen molar-refractivity contribution in [1.29, 1.82) is 5.26 Å². The van der Waals surface area contributed by atoms with Gasteiger partial charge in [-0.05, 0) is 128 Å². The molecule has 56 heavy (non-hydrogen) atoms. The first-order valence-electron chi connectivity index (χ1n) is 19.1. The minimum atomic E-state index is 0.582. The van der Waals surface area contributed by atoms with Crippen molar-refractivity contribution < 1.29 is 0 Å². The molecule has 0 saturated carbocycles. The monoisotopic (exact) mass is 718 g/mol. The summed E-state index contributed by atoms with van der Waals surface area (Å²) in [5.74, 6) is 0. The van der Waals surface area contributed by atoms with E-state index >= 15 is 0 Å². The van der Waals surface area contributed by atoms with Crippen LogP contribution in [-0.4, -0.2) is 14.1 Å². The Bertz CT molecular complexity index is 3260. The number of para-hydroxylation sites is 2. The van der Waals surface area contributed by atoms with Crippen LogP contribution in [-0.2, 0) is 0 Å².